The van der Waals surface area contributed by atoms with Crippen LogP contribution in [-0.4, -0.2) is 15.0 Å². The summed E-state index contributed by atoms with van der Waals surface area (Å²) in [7, 11) is 0. The Bertz CT molecular complexity index is 1800. The van der Waals surface area contributed by atoms with E-state index in [2.05, 4.69) is 66.7 Å². The number of aromatic nitrogens is 3. The molecule has 7 aromatic rings. The fourth-order valence-corrected chi connectivity index (χ4v) is 6.12. The summed E-state index contributed by atoms with van der Waals surface area (Å²) in [6, 6.07) is 43.8. The van der Waals surface area contributed by atoms with Gasteiger partial charge in [-0.25, -0.2) is 15.0 Å². The second kappa shape index (κ2) is 9.08. The molecule has 0 saturated heterocycles. The first-order valence-corrected chi connectivity index (χ1v) is 13.0. The Morgan fingerprint density at radius 2 is 0.784 bits per heavy atom. The monoisotopic (exact) mass is 491 g/mol. The Morgan fingerprint density at radius 3 is 1.32 bits per heavy atom. The summed E-state index contributed by atoms with van der Waals surface area (Å²) in [6.07, 6.45) is 0. The van der Waals surface area contributed by atoms with Crippen LogP contribution in [0, 0.1) is 0 Å². The van der Waals surface area contributed by atoms with E-state index in [1.165, 1.54) is 31.3 Å². The van der Waals surface area contributed by atoms with E-state index in [1.54, 1.807) is 0 Å². The topological polar surface area (TPSA) is 38.7 Å². The molecule has 0 atom stereocenters. The molecule has 0 aliphatic heterocycles. The van der Waals surface area contributed by atoms with Gasteiger partial charge in [-0.15, -0.1) is 11.3 Å². The first-order chi connectivity index (χ1) is 18.3. The molecule has 2 heterocycles. The average molecular weight is 492 g/mol. The SMILES string of the molecule is c1ccc(-c2nc(-c3ccccc3)nc(-c3cccc4c3sc3c(-c5ccccc5)cccc34)n2)cc1. The number of fused-ring (bicyclic) bond motifs is 3. The van der Waals surface area contributed by atoms with Crippen LogP contribution in [0.5, 0.6) is 0 Å². The first-order valence-electron chi connectivity index (χ1n) is 12.2. The molecule has 0 aliphatic rings. The van der Waals surface area contributed by atoms with Crippen LogP contribution < -0.4 is 0 Å². The van der Waals surface area contributed by atoms with Crippen LogP contribution in [-0.2, 0) is 0 Å². The molecule has 0 N–H and O–H groups in total. The van der Waals surface area contributed by atoms with Gasteiger partial charge in [0.05, 0.1) is 0 Å². The maximum atomic E-state index is 4.98. The molecule has 3 nitrogen and oxygen atoms in total. The summed E-state index contributed by atoms with van der Waals surface area (Å²) in [5.74, 6) is 2.03. The lowest BCUT2D eigenvalue weighted by Gasteiger charge is -2.09. The standard InChI is InChI=1S/C33H21N3S/c1-4-12-22(13-5-1)25-18-10-19-26-27-20-11-21-28(30(27)37-29(25)26)33-35-31(23-14-6-2-7-15-23)34-32(36-33)24-16-8-3-9-17-24/h1-21H. The number of rotatable bonds is 4. The zero-order chi connectivity index (χ0) is 24.6. The summed E-state index contributed by atoms with van der Waals surface area (Å²) in [4.78, 5) is 14.8. The smallest absolute Gasteiger partial charge is 0.165 e. The molecule has 0 spiro atoms. The lowest BCUT2D eigenvalue weighted by Crippen LogP contribution is -2.00. The highest BCUT2D eigenvalue weighted by atomic mass is 32.1. The number of benzene rings is 5. The number of nitrogens with zero attached hydrogens (tertiary/aromatic N) is 3. The van der Waals surface area contributed by atoms with Gasteiger partial charge in [0.15, 0.2) is 17.5 Å². The maximum absolute atomic E-state index is 4.98. The Morgan fingerprint density at radius 1 is 0.351 bits per heavy atom. The minimum atomic E-state index is 0.674. The van der Waals surface area contributed by atoms with Crippen LogP contribution in [0.3, 0.4) is 0 Å². The summed E-state index contributed by atoms with van der Waals surface area (Å²) in [5.41, 5.74) is 5.43. The Balaban J connectivity index is 1.49. The van der Waals surface area contributed by atoms with Gasteiger partial charge in [0.25, 0.3) is 0 Å². The lowest BCUT2D eigenvalue weighted by atomic mass is 10.0. The molecular formula is C33H21N3S. The Labute approximate surface area is 218 Å². The molecule has 0 saturated carbocycles. The highest BCUT2D eigenvalue weighted by Gasteiger charge is 2.17. The van der Waals surface area contributed by atoms with E-state index in [-0.39, 0.29) is 0 Å². The maximum Gasteiger partial charge on any atom is 0.165 e. The van der Waals surface area contributed by atoms with Crippen LogP contribution in [0.2, 0.25) is 0 Å². The van der Waals surface area contributed by atoms with Crippen molar-refractivity contribution in [2.45, 2.75) is 0 Å². The van der Waals surface area contributed by atoms with Crippen LogP contribution in [0.1, 0.15) is 0 Å². The van der Waals surface area contributed by atoms with Crippen LogP contribution in [0.4, 0.5) is 0 Å². The molecule has 5 aromatic carbocycles. The van der Waals surface area contributed by atoms with Crippen molar-refractivity contribution in [2.75, 3.05) is 0 Å². The Hall–Kier alpha value is -4.67. The minimum absolute atomic E-state index is 0.674. The van der Waals surface area contributed by atoms with Gasteiger partial charge in [-0.05, 0) is 17.2 Å². The zero-order valence-electron chi connectivity index (χ0n) is 19.9. The van der Waals surface area contributed by atoms with E-state index in [9.17, 15) is 0 Å². The van der Waals surface area contributed by atoms with Gasteiger partial charge in [-0.1, -0.05) is 121 Å². The number of thiophene rings is 1. The molecule has 0 amide bonds. The predicted molar refractivity (Wildman–Crippen MR) is 154 cm³/mol. The molecule has 0 aliphatic carbocycles. The fraction of sp³-hybridized carbons (Fsp3) is 0. The van der Waals surface area contributed by atoms with Crippen LogP contribution >= 0.6 is 11.3 Å². The minimum Gasteiger partial charge on any atom is -0.208 e. The van der Waals surface area contributed by atoms with Crippen molar-refractivity contribution in [1.82, 2.24) is 15.0 Å². The predicted octanol–water partition coefficient (Wildman–Crippen LogP) is 8.91. The van der Waals surface area contributed by atoms with Crippen molar-refractivity contribution in [2.24, 2.45) is 0 Å². The number of hydrogen-bond acceptors (Lipinski definition) is 4. The quantitative estimate of drug-likeness (QED) is 0.247. The van der Waals surface area contributed by atoms with Crippen LogP contribution in [0.15, 0.2) is 127 Å². The molecule has 0 bridgehead atoms. The molecule has 2 aromatic heterocycles. The molecule has 174 valence electrons. The molecule has 0 radical (unpaired) electrons. The van der Waals surface area contributed by atoms with E-state index in [0.29, 0.717) is 17.5 Å². The van der Waals surface area contributed by atoms with Crippen molar-refractivity contribution in [3.8, 4) is 45.3 Å². The van der Waals surface area contributed by atoms with Gasteiger partial charge in [-0.2, -0.15) is 0 Å². The van der Waals surface area contributed by atoms with E-state index in [0.717, 1.165) is 16.7 Å². The van der Waals surface area contributed by atoms with Crippen molar-refractivity contribution in [3.63, 3.8) is 0 Å². The number of hydrogen-bond donors (Lipinski definition) is 0. The van der Waals surface area contributed by atoms with E-state index >= 15 is 0 Å². The van der Waals surface area contributed by atoms with Crippen molar-refractivity contribution < 1.29 is 0 Å². The highest BCUT2D eigenvalue weighted by molar-refractivity contribution is 7.26. The zero-order valence-corrected chi connectivity index (χ0v) is 20.7. The highest BCUT2D eigenvalue weighted by Crippen LogP contribution is 2.43. The third-order valence-corrected chi connectivity index (χ3v) is 7.84. The summed E-state index contributed by atoms with van der Waals surface area (Å²) < 4.78 is 2.46. The summed E-state index contributed by atoms with van der Waals surface area (Å²) in [5, 5.41) is 2.47. The molecule has 7 rings (SSSR count). The largest absolute Gasteiger partial charge is 0.208 e. The third-order valence-electron chi connectivity index (χ3n) is 6.55. The van der Waals surface area contributed by atoms with Crippen LogP contribution in [0.25, 0.3) is 65.5 Å². The second-order valence-corrected chi connectivity index (χ2v) is 9.89. The average Bonchev–Trinajstić information content (AvgIpc) is 3.37. The lowest BCUT2D eigenvalue weighted by molar-refractivity contribution is 1.08. The summed E-state index contributed by atoms with van der Waals surface area (Å²) >= 11 is 1.81. The molecule has 4 heteroatoms. The van der Waals surface area contributed by atoms with Gasteiger partial charge >= 0.3 is 0 Å². The third kappa shape index (κ3) is 3.88. The van der Waals surface area contributed by atoms with Crippen molar-refractivity contribution >= 4 is 31.5 Å². The second-order valence-electron chi connectivity index (χ2n) is 8.87. The van der Waals surface area contributed by atoms with Gasteiger partial charge in [0.1, 0.15) is 0 Å². The van der Waals surface area contributed by atoms with E-state index < -0.39 is 0 Å². The summed E-state index contributed by atoms with van der Waals surface area (Å²) in [6.45, 7) is 0. The van der Waals surface area contributed by atoms with Gasteiger partial charge in [0.2, 0.25) is 0 Å². The van der Waals surface area contributed by atoms with Crippen molar-refractivity contribution in [3.05, 3.63) is 127 Å². The first kappa shape index (κ1) is 21.6. The van der Waals surface area contributed by atoms with E-state index in [4.69, 9.17) is 15.0 Å². The fourth-order valence-electron chi connectivity index (χ4n) is 4.77. The van der Waals surface area contributed by atoms with Gasteiger partial charge < -0.3 is 0 Å². The molecular weight excluding hydrogens is 470 g/mol. The van der Waals surface area contributed by atoms with Gasteiger partial charge in [-0.3, -0.25) is 0 Å². The Kier molecular flexibility index (Phi) is 5.30. The molecule has 0 unspecified atom stereocenters. The molecule has 37 heavy (non-hydrogen) atoms. The van der Waals surface area contributed by atoms with Gasteiger partial charge in [0, 0.05) is 36.9 Å². The molecule has 0 fully saturated rings. The van der Waals surface area contributed by atoms with Crippen molar-refractivity contribution in [1.29, 1.82) is 0 Å². The van der Waals surface area contributed by atoms with E-state index in [1.807, 2.05) is 72.0 Å². The normalized spacial score (nSPS) is 11.2.